The second-order valence-electron chi connectivity index (χ2n) is 19.7. The standard InChI is InChI=1S/C54H70O2P2/c1-40(2)19-18-20-41(3)49-31-32-50-48-30-29-42-39-43(33-36-53(42,4)51(48)34-37-54(49,50)5)56-38-35-52(57(44-21-10-6-11-22-44)45-23-12-7-13-24-45)58(55,46-25-14-8-15-26-46)47-27-16-9-17-28-47/h6-17,21-29,40-41,43,48-52H,18-20,30-39H2,1-5H3/t41-,43+,48+,49?,50+,51+,52?,53+,54-/m1/s1. The summed E-state index contributed by atoms with van der Waals surface area (Å²) in [6, 6.07) is 42.5. The van der Waals surface area contributed by atoms with Crippen LogP contribution in [0.25, 0.3) is 0 Å². The highest BCUT2D eigenvalue weighted by molar-refractivity contribution is 7.92. The first-order valence-corrected chi connectivity index (χ1v) is 26.2. The van der Waals surface area contributed by atoms with Crippen molar-refractivity contribution in [1.29, 1.82) is 0 Å². The molecule has 0 saturated heterocycles. The van der Waals surface area contributed by atoms with Crippen LogP contribution < -0.4 is 21.2 Å². The fraction of sp³-hybridized carbons (Fsp3) is 0.519. The summed E-state index contributed by atoms with van der Waals surface area (Å²) in [5.74, 6) is 5.13. The van der Waals surface area contributed by atoms with Crippen LogP contribution in [0, 0.1) is 46.3 Å². The Morgan fingerprint density at radius 2 is 1.28 bits per heavy atom. The zero-order chi connectivity index (χ0) is 40.3. The summed E-state index contributed by atoms with van der Waals surface area (Å²) in [4.78, 5) is 0. The van der Waals surface area contributed by atoms with Gasteiger partial charge in [-0.25, -0.2) is 0 Å². The lowest BCUT2D eigenvalue weighted by atomic mass is 9.47. The predicted molar refractivity (Wildman–Crippen MR) is 250 cm³/mol. The molecular formula is C54H70O2P2. The van der Waals surface area contributed by atoms with E-state index in [2.05, 4.69) is 150 Å². The molecule has 4 heteroatoms. The first-order valence-electron chi connectivity index (χ1n) is 23.0. The Balaban J connectivity index is 1.02. The van der Waals surface area contributed by atoms with Crippen LogP contribution in [-0.4, -0.2) is 18.1 Å². The minimum atomic E-state index is -3.14. The lowest BCUT2D eigenvalue weighted by molar-refractivity contribution is -0.0639. The molecule has 0 heterocycles. The molecule has 3 saturated carbocycles. The summed E-state index contributed by atoms with van der Waals surface area (Å²) < 4.78 is 23.4. The van der Waals surface area contributed by atoms with Gasteiger partial charge in [-0.2, -0.15) is 0 Å². The van der Waals surface area contributed by atoms with Gasteiger partial charge in [-0.1, -0.05) is 187 Å². The number of hydrogen-bond donors (Lipinski definition) is 0. The quantitative estimate of drug-likeness (QED) is 0.0883. The Labute approximate surface area is 353 Å². The van der Waals surface area contributed by atoms with Crippen molar-refractivity contribution < 1.29 is 9.30 Å². The third-order valence-corrected chi connectivity index (χ3v) is 23.5. The van der Waals surface area contributed by atoms with Gasteiger partial charge in [0.2, 0.25) is 0 Å². The predicted octanol–water partition coefficient (Wildman–Crippen LogP) is 13.3. The van der Waals surface area contributed by atoms with Crippen LogP contribution in [0.2, 0.25) is 0 Å². The molecular weight excluding hydrogens is 743 g/mol. The number of fused-ring (bicyclic) bond motifs is 5. The molecule has 0 aliphatic heterocycles. The first kappa shape index (κ1) is 42.0. The van der Waals surface area contributed by atoms with Crippen molar-refractivity contribution in [3.05, 3.63) is 133 Å². The van der Waals surface area contributed by atoms with Gasteiger partial charge < -0.3 is 9.30 Å². The number of hydrogen-bond acceptors (Lipinski definition) is 2. The highest BCUT2D eigenvalue weighted by Gasteiger charge is 2.59. The van der Waals surface area contributed by atoms with E-state index in [4.69, 9.17) is 4.74 Å². The third-order valence-electron chi connectivity index (χ3n) is 16.1. The topological polar surface area (TPSA) is 26.3 Å². The molecule has 0 amide bonds. The fourth-order valence-corrected chi connectivity index (χ4v) is 21.0. The maximum Gasteiger partial charge on any atom is 0.150 e. The zero-order valence-electron chi connectivity index (χ0n) is 36.1. The van der Waals surface area contributed by atoms with Crippen LogP contribution in [-0.2, 0) is 9.30 Å². The molecule has 9 atom stereocenters. The number of ether oxygens (including phenoxy) is 1. The van der Waals surface area contributed by atoms with Gasteiger partial charge in [0.05, 0.1) is 11.5 Å². The van der Waals surface area contributed by atoms with E-state index in [1.165, 1.54) is 68.4 Å². The van der Waals surface area contributed by atoms with Crippen LogP contribution in [0.3, 0.4) is 0 Å². The Morgan fingerprint density at radius 3 is 1.86 bits per heavy atom. The van der Waals surface area contributed by atoms with Gasteiger partial charge in [-0.15, -0.1) is 0 Å². The highest BCUT2D eigenvalue weighted by Crippen LogP contribution is 2.68. The zero-order valence-corrected chi connectivity index (χ0v) is 37.9. The molecule has 0 radical (unpaired) electrons. The van der Waals surface area contributed by atoms with Crippen molar-refractivity contribution in [2.24, 2.45) is 46.3 Å². The van der Waals surface area contributed by atoms with Gasteiger partial charge >= 0.3 is 0 Å². The van der Waals surface area contributed by atoms with Crippen LogP contribution in [0.4, 0.5) is 0 Å². The molecule has 4 aromatic carbocycles. The van der Waals surface area contributed by atoms with Gasteiger partial charge in [-0.3, -0.25) is 0 Å². The Bertz CT molecular complexity index is 1910. The molecule has 0 bridgehead atoms. The molecule has 4 aliphatic rings. The number of allylic oxidation sites excluding steroid dienone is 1. The number of benzene rings is 4. The molecule has 2 unspecified atom stereocenters. The molecule has 0 aromatic heterocycles. The molecule has 2 nitrogen and oxygen atoms in total. The molecule has 8 rings (SSSR count). The molecule has 0 spiro atoms. The van der Waals surface area contributed by atoms with Gasteiger partial charge in [0, 0.05) is 17.2 Å². The highest BCUT2D eigenvalue weighted by atomic mass is 31.2. The molecule has 308 valence electrons. The second kappa shape index (κ2) is 18.1. The average Bonchev–Trinajstić information content (AvgIpc) is 3.61. The van der Waals surface area contributed by atoms with Crippen molar-refractivity contribution in [3.8, 4) is 0 Å². The van der Waals surface area contributed by atoms with Crippen LogP contribution in [0.1, 0.15) is 112 Å². The first-order chi connectivity index (χ1) is 28.1. The van der Waals surface area contributed by atoms with Crippen molar-refractivity contribution in [3.63, 3.8) is 0 Å². The summed E-state index contributed by atoms with van der Waals surface area (Å²) >= 11 is 0. The maximum absolute atomic E-state index is 16.3. The summed E-state index contributed by atoms with van der Waals surface area (Å²) in [5.41, 5.74) is 2.52. The Kier molecular flexibility index (Phi) is 13.1. The van der Waals surface area contributed by atoms with Crippen molar-refractivity contribution >= 4 is 36.3 Å². The molecule has 58 heavy (non-hydrogen) atoms. The fourth-order valence-electron chi connectivity index (χ4n) is 13.1. The Morgan fingerprint density at radius 1 is 0.690 bits per heavy atom. The lowest BCUT2D eigenvalue weighted by Gasteiger charge is -2.58. The minimum absolute atomic E-state index is 0.120. The van der Waals surface area contributed by atoms with Gasteiger partial charge in [-0.05, 0) is 123 Å². The third kappa shape index (κ3) is 8.18. The van der Waals surface area contributed by atoms with Crippen molar-refractivity contribution in [2.45, 2.75) is 123 Å². The van der Waals surface area contributed by atoms with Gasteiger partial charge in [0.25, 0.3) is 0 Å². The normalized spacial score (nSPS) is 29.3. The van der Waals surface area contributed by atoms with Crippen LogP contribution >= 0.6 is 15.1 Å². The molecule has 0 N–H and O–H groups in total. The summed E-state index contributed by atoms with van der Waals surface area (Å²) in [5, 5.41) is 4.31. The van der Waals surface area contributed by atoms with E-state index in [1.54, 1.807) is 5.57 Å². The maximum atomic E-state index is 16.3. The lowest BCUT2D eigenvalue weighted by Crippen LogP contribution is -2.51. The SMILES string of the molecule is CC(C)CCC[C@@H](C)C1CC[C@H]2[C@@H]3CC=C4C[C@@H](OCCC(P(c5ccccc5)c5ccccc5)P(=O)(c5ccccc5)c5ccccc5)CC[C@]4(C)[C@H]3CC[C@]12C. The summed E-state index contributed by atoms with van der Waals surface area (Å²) in [6.45, 7) is 13.3. The summed E-state index contributed by atoms with van der Waals surface area (Å²) in [7, 11) is -4.13. The van der Waals surface area contributed by atoms with E-state index in [1.807, 2.05) is 12.1 Å². The van der Waals surface area contributed by atoms with Crippen LogP contribution in [0.5, 0.6) is 0 Å². The number of rotatable bonds is 15. The second-order valence-corrected chi connectivity index (χ2v) is 25.4. The molecule has 3 fully saturated rings. The minimum Gasteiger partial charge on any atom is -0.378 e. The summed E-state index contributed by atoms with van der Waals surface area (Å²) in [6.07, 6.45) is 18.3. The van der Waals surface area contributed by atoms with Crippen LogP contribution in [0.15, 0.2) is 133 Å². The average molecular weight is 813 g/mol. The van der Waals surface area contributed by atoms with E-state index in [0.29, 0.717) is 17.4 Å². The van der Waals surface area contributed by atoms with Gasteiger partial charge in [0.15, 0.2) is 7.14 Å². The van der Waals surface area contributed by atoms with E-state index < -0.39 is 15.1 Å². The van der Waals surface area contributed by atoms with E-state index in [0.717, 1.165) is 65.4 Å². The largest absolute Gasteiger partial charge is 0.378 e. The van der Waals surface area contributed by atoms with Crippen molar-refractivity contribution in [1.82, 2.24) is 0 Å². The van der Waals surface area contributed by atoms with Crippen molar-refractivity contribution in [2.75, 3.05) is 6.61 Å². The van der Waals surface area contributed by atoms with E-state index >= 15 is 4.57 Å². The smallest absolute Gasteiger partial charge is 0.150 e. The Hall–Kier alpha value is -2.76. The molecule has 4 aliphatic carbocycles. The molecule has 4 aromatic rings. The van der Waals surface area contributed by atoms with E-state index in [9.17, 15) is 0 Å². The van der Waals surface area contributed by atoms with Gasteiger partial charge in [0.1, 0.15) is 0 Å². The monoisotopic (exact) mass is 812 g/mol. The van der Waals surface area contributed by atoms with E-state index in [-0.39, 0.29) is 11.5 Å².